The number of anilines is 1. The van der Waals surface area contributed by atoms with E-state index in [0.717, 1.165) is 41.6 Å². The molecule has 0 bridgehead atoms. The van der Waals surface area contributed by atoms with Gasteiger partial charge in [0.15, 0.2) is 0 Å². The van der Waals surface area contributed by atoms with Gasteiger partial charge in [-0.25, -0.2) is 0 Å². The normalized spacial score (nSPS) is 19.9. The average Bonchev–Trinajstić information content (AvgIpc) is 2.63. The van der Waals surface area contributed by atoms with Crippen molar-refractivity contribution in [1.29, 1.82) is 5.26 Å². The predicted molar refractivity (Wildman–Crippen MR) is 78.3 cm³/mol. The Morgan fingerprint density at radius 3 is 2.84 bits per heavy atom. The summed E-state index contributed by atoms with van der Waals surface area (Å²) < 4.78 is 0. The van der Waals surface area contributed by atoms with Crippen LogP contribution in [0.2, 0.25) is 0 Å². The molecule has 1 fully saturated rings. The number of rotatable bonds is 2. The Morgan fingerprint density at radius 2 is 2.16 bits per heavy atom. The molecule has 1 saturated heterocycles. The minimum Gasteiger partial charge on any atom is -0.370 e. The number of nitrogens with zero attached hydrogens (tertiary/aromatic N) is 3. The van der Waals surface area contributed by atoms with Crippen LogP contribution in [0.15, 0.2) is 6.07 Å². The summed E-state index contributed by atoms with van der Waals surface area (Å²) in [6.45, 7) is 8.35. The van der Waals surface area contributed by atoms with Gasteiger partial charge in [-0.2, -0.15) is 5.26 Å². The van der Waals surface area contributed by atoms with Crippen LogP contribution in [-0.2, 0) is 0 Å². The van der Waals surface area contributed by atoms with Crippen LogP contribution in [0.1, 0.15) is 49.6 Å². The minimum absolute atomic E-state index is 0.751. The second-order valence-electron chi connectivity index (χ2n) is 5.55. The van der Waals surface area contributed by atoms with E-state index in [2.05, 4.69) is 28.9 Å². The molecular weight excluding hydrogens is 234 g/mol. The van der Waals surface area contributed by atoms with Gasteiger partial charge in [-0.1, -0.05) is 13.3 Å². The van der Waals surface area contributed by atoms with Gasteiger partial charge in [0, 0.05) is 18.8 Å². The van der Waals surface area contributed by atoms with E-state index in [0.29, 0.717) is 0 Å². The Bertz CT molecular complexity index is 488. The SMILES string of the molecule is CCC1CCCN(c2cc(C)nc(C)c2C#N)CC1. The van der Waals surface area contributed by atoms with Gasteiger partial charge in [0.2, 0.25) is 0 Å². The van der Waals surface area contributed by atoms with Crippen molar-refractivity contribution in [3.05, 3.63) is 23.0 Å². The van der Waals surface area contributed by atoms with E-state index in [1.54, 1.807) is 0 Å². The molecule has 1 aliphatic heterocycles. The van der Waals surface area contributed by atoms with Crippen molar-refractivity contribution in [2.45, 2.75) is 46.5 Å². The minimum atomic E-state index is 0.751. The molecule has 1 unspecified atom stereocenters. The summed E-state index contributed by atoms with van der Waals surface area (Å²) in [5.74, 6) is 0.847. The van der Waals surface area contributed by atoms with Crippen LogP contribution in [0.5, 0.6) is 0 Å². The second kappa shape index (κ2) is 6.06. The Kier molecular flexibility index (Phi) is 4.42. The topological polar surface area (TPSA) is 39.9 Å². The average molecular weight is 257 g/mol. The van der Waals surface area contributed by atoms with Gasteiger partial charge in [-0.3, -0.25) is 4.98 Å². The molecule has 2 heterocycles. The number of hydrogen-bond acceptors (Lipinski definition) is 3. The number of aryl methyl sites for hydroxylation is 2. The Morgan fingerprint density at radius 1 is 1.37 bits per heavy atom. The summed E-state index contributed by atoms with van der Waals surface area (Å²) in [7, 11) is 0. The van der Waals surface area contributed by atoms with Crippen LogP contribution < -0.4 is 4.90 Å². The standard InChI is InChI=1S/C16H23N3/c1-4-14-6-5-8-19(9-7-14)16-10-12(2)18-13(3)15(16)11-17/h10,14H,4-9H2,1-3H3. The van der Waals surface area contributed by atoms with E-state index in [1.807, 2.05) is 13.8 Å². The molecule has 0 aliphatic carbocycles. The van der Waals surface area contributed by atoms with Gasteiger partial charge in [-0.15, -0.1) is 0 Å². The lowest BCUT2D eigenvalue weighted by Gasteiger charge is -2.25. The zero-order chi connectivity index (χ0) is 13.8. The smallest absolute Gasteiger partial charge is 0.103 e. The first kappa shape index (κ1) is 13.9. The van der Waals surface area contributed by atoms with Gasteiger partial charge >= 0.3 is 0 Å². The molecule has 0 saturated carbocycles. The molecule has 3 nitrogen and oxygen atoms in total. The fraction of sp³-hybridized carbons (Fsp3) is 0.625. The lowest BCUT2D eigenvalue weighted by atomic mass is 9.98. The molecule has 0 aromatic carbocycles. The number of nitriles is 1. The first-order chi connectivity index (χ1) is 9.15. The van der Waals surface area contributed by atoms with Gasteiger partial charge < -0.3 is 4.90 Å². The third-order valence-corrected chi connectivity index (χ3v) is 4.19. The molecule has 1 atom stereocenters. The van der Waals surface area contributed by atoms with Crippen molar-refractivity contribution in [1.82, 2.24) is 4.98 Å². The molecule has 19 heavy (non-hydrogen) atoms. The summed E-state index contributed by atoms with van der Waals surface area (Å²) in [6.07, 6.45) is 5.05. The summed E-state index contributed by atoms with van der Waals surface area (Å²) in [4.78, 5) is 6.79. The highest BCUT2D eigenvalue weighted by atomic mass is 15.1. The maximum atomic E-state index is 9.37. The molecule has 3 heteroatoms. The van der Waals surface area contributed by atoms with E-state index in [4.69, 9.17) is 0 Å². The highest BCUT2D eigenvalue weighted by Crippen LogP contribution is 2.28. The molecule has 2 rings (SSSR count). The van der Waals surface area contributed by atoms with Crippen molar-refractivity contribution in [2.24, 2.45) is 5.92 Å². The Labute approximate surface area is 116 Å². The zero-order valence-electron chi connectivity index (χ0n) is 12.2. The molecule has 1 aromatic heterocycles. The maximum Gasteiger partial charge on any atom is 0.103 e. The fourth-order valence-corrected chi connectivity index (χ4v) is 3.01. The van der Waals surface area contributed by atoms with Crippen LogP contribution in [0, 0.1) is 31.1 Å². The Hall–Kier alpha value is -1.56. The van der Waals surface area contributed by atoms with Crippen LogP contribution in [-0.4, -0.2) is 18.1 Å². The lowest BCUT2D eigenvalue weighted by molar-refractivity contribution is 0.459. The monoisotopic (exact) mass is 257 g/mol. The van der Waals surface area contributed by atoms with E-state index in [1.165, 1.54) is 25.7 Å². The molecule has 0 amide bonds. The number of pyridine rings is 1. The highest BCUT2D eigenvalue weighted by molar-refractivity contribution is 5.61. The fourth-order valence-electron chi connectivity index (χ4n) is 3.01. The first-order valence-electron chi connectivity index (χ1n) is 7.29. The molecule has 0 radical (unpaired) electrons. The summed E-state index contributed by atoms with van der Waals surface area (Å²) in [5, 5.41) is 9.37. The zero-order valence-corrected chi connectivity index (χ0v) is 12.2. The van der Waals surface area contributed by atoms with Gasteiger partial charge in [0.1, 0.15) is 6.07 Å². The molecule has 1 aromatic rings. The molecule has 1 aliphatic rings. The van der Waals surface area contributed by atoms with E-state index >= 15 is 0 Å². The lowest BCUT2D eigenvalue weighted by Crippen LogP contribution is -2.25. The quantitative estimate of drug-likeness (QED) is 0.813. The summed E-state index contributed by atoms with van der Waals surface area (Å²) in [5.41, 5.74) is 3.70. The third kappa shape index (κ3) is 3.07. The van der Waals surface area contributed by atoms with Crippen molar-refractivity contribution < 1.29 is 0 Å². The maximum absolute atomic E-state index is 9.37. The molecule has 0 N–H and O–H groups in total. The summed E-state index contributed by atoms with van der Waals surface area (Å²) >= 11 is 0. The van der Waals surface area contributed by atoms with Crippen LogP contribution in [0.3, 0.4) is 0 Å². The molecule has 102 valence electrons. The van der Waals surface area contributed by atoms with Crippen LogP contribution in [0.25, 0.3) is 0 Å². The van der Waals surface area contributed by atoms with Crippen molar-refractivity contribution in [3.63, 3.8) is 0 Å². The predicted octanol–water partition coefficient (Wildman–Crippen LogP) is 3.59. The largest absolute Gasteiger partial charge is 0.370 e. The van der Waals surface area contributed by atoms with Crippen molar-refractivity contribution >= 4 is 5.69 Å². The van der Waals surface area contributed by atoms with Crippen molar-refractivity contribution in [3.8, 4) is 6.07 Å². The van der Waals surface area contributed by atoms with Crippen LogP contribution in [0.4, 0.5) is 5.69 Å². The first-order valence-corrected chi connectivity index (χ1v) is 7.29. The second-order valence-corrected chi connectivity index (χ2v) is 5.55. The van der Waals surface area contributed by atoms with E-state index in [9.17, 15) is 5.26 Å². The number of hydrogen-bond donors (Lipinski definition) is 0. The highest BCUT2D eigenvalue weighted by Gasteiger charge is 2.19. The molecule has 0 spiro atoms. The number of aromatic nitrogens is 1. The van der Waals surface area contributed by atoms with Crippen molar-refractivity contribution in [2.75, 3.05) is 18.0 Å². The Balaban J connectivity index is 2.29. The summed E-state index contributed by atoms with van der Waals surface area (Å²) in [6, 6.07) is 4.40. The van der Waals surface area contributed by atoms with Gasteiger partial charge in [0.25, 0.3) is 0 Å². The van der Waals surface area contributed by atoms with E-state index in [-0.39, 0.29) is 0 Å². The molecular formula is C16H23N3. The van der Waals surface area contributed by atoms with Gasteiger partial charge in [0.05, 0.1) is 16.9 Å². The van der Waals surface area contributed by atoms with Crippen LogP contribution >= 0.6 is 0 Å². The van der Waals surface area contributed by atoms with Gasteiger partial charge in [-0.05, 0) is 45.1 Å². The third-order valence-electron chi connectivity index (χ3n) is 4.19. The van der Waals surface area contributed by atoms with E-state index < -0.39 is 0 Å².